The zero-order valence-electron chi connectivity index (χ0n) is 17.7. The number of ether oxygens (including phenoxy) is 1. The van der Waals surface area contributed by atoms with Crippen molar-refractivity contribution in [2.45, 2.75) is 46.1 Å². The van der Waals surface area contributed by atoms with Crippen LogP contribution in [-0.4, -0.2) is 24.7 Å². The van der Waals surface area contributed by atoms with Gasteiger partial charge in [-0.1, -0.05) is 61.4 Å². The summed E-state index contributed by atoms with van der Waals surface area (Å²) in [4.78, 5) is 23.5. The number of aryl methyl sites for hydroxylation is 2. The van der Waals surface area contributed by atoms with E-state index in [4.69, 9.17) is 4.74 Å². The minimum absolute atomic E-state index is 0. The molecule has 1 N–H and O–H groups in total. The quantitative estimate of drug-likeness (QED) is 0.705. The van der Waals surface area contributed by atoms with Gasteiger partial charge in [-0.2, -0.15) is 0 Å². The van der Waals surface area contributed by atoms with Gasteiger partial charge in [-0.3, -0.25) is 0 Å². The Hall–Kier alpha value is -1.82. The molecule has 0 aliphatic heterocycles. The summed E-state index contributed by atoms with van der Waals surface area (Å²) in [5.74, 6) is -1.25. The Balaban J connectivity index is 0.00000300. The summed E-state index contributed by atoms with van der Waals surface area (Å²) >= 11 is 0. The van der Waals surface area contributed by atoms with E-state index in [2.05, 4.69) is 41.7 Å². The van der Waals surface area contributed by atoms with Crippen molar-refractivity contribution in [1.82, 2.24) is 5.32 Å². The SMILES string of the molecule is Cc1ccc2c(c1)C(COC(=O)N[C@@H](CC(C)C)C(=O)[O-])c1cc(C)ccc1-2.[Na+]. The molecule has 0 saturated carbocycles. The number of amides is 1. The number of hydrogen-bond acceptors (Lipinski definition) is 4. The van der Waals surface area contributed by atoms with E-state index in [-0.39, 0.29) is 48.0 Å². The Labute approximate surface area is 194 Å². The number of carboxylic acid groups (broad SMARTS) is 1. The number of aliphatic carboxylic acids is 1. The zero-order valence-corrected chi connectivity index (χ0v) is 19.7. The molecule has 0 unspecified atom stereocenters. The summed E-state index contributed by atoms with van der Waals surface area (Å²) < 4.78 is 5.44. The molecule has 0 aromatic heterocycles. The van der Waals surface area contributed by atoms with Gasteiger partial charge in [0.2, 0.25) is 0 Å². The van der Waals surface area contributed by atoms with Crippen LogP contribution in [0.25, 0.3) is 11.1 Å². The molecule has 0 radical (unpaired) electrons. The molecule has 0 bridgehead atoms. The zero-order chi connectivity index (χ0) is 20.4. The van der Waals surface area contributed by atoms with Crippen molar-refractivity contribution in [2.24, 2.45) is 5.92 Å². The third-order valence-corrected chi connectivity index (χ3v) is 5.12. The van der Waals surface area contributed by atoms with Gasteiger partial charge in [-0.25, -0.2) is 4.79 Å². The van der Waals surface area contributed by atoms with Gasteiger partial charge in [-0.05, 0) is 48.4 Å². The molecule has 1 aliphatic carbocycles. The molecule has 0 spiro atoms. The fourth-order valence-corrected chi connectivity index (χ4v) is 3.81. The van der Waals surface area contributed by atoms with Gasteiger partial charge in [0.25, 0.3) is 0 Å². The number of fused-ring (bicyclic) bond motifs is 3. The molecule has 0 heterocycles. The molecule has 5 nitrogen and oxygen atoms in total. The molecule has 1 atom stereocenters. The number of alkyl carbamates (subject to hydrolysis) is 1. The first kappa shape index (κ1) is 23.5. The molecule has 0 saturated heterocycles. The normalized spacial score (nSPS) is 13.3. The van der Waals surface area contributed by atoms with Crippen LogP contribution in [-0.2, 0) is 9.53 Å². The summed E-state index contributed by atoms with van der Waals surface area (Å²) in [6, 6.07) is 11.6. The topological polar surface area (TPSA) is 78.5 Å². The van der Waals surface area contributed by atoms with E-state index < -0.39 is 18.1 Å². The van der Waals surface area contributed by atoms with Crippen molar-refractivity contribution in [2.75, 3.05) is 6.61 Å². The van der Waals surface area contributed by atoms with E-state index in [1.165, 1.54) is 0 Å². The number of nitrogens with one attached hydrogen (secondary N) is 1. The summed E-state index contributed by atoms with van der Waals surface area (Å²) in [5.41, 5.74) is 6.86. The van der Waals surface area contributed by atoms with Gasteiger partial charge >= 0.3 is 35.7 Å². The maximum atomic E-state index is 12.2. The molecule has 6 heteroatoms. The predicted octanol–water partition coefficient (Wildman–Crippen LogP) is 0.311. The van der Waals surface area contributed by atoms with Crippen LogP contribution in [0, 0.1) is 19.8 Å². The van der Waals surface area contributed by atoms with Crippen molar-refractivity contribution in [3.8, 4) is 11.1 Å². The Bertz CT molecular complexity index is 858. The van der Waals surface area contributed by atoms with E-state index in [0.717, 1.165) is 33.4 Å². The fourth-order valence-electron chi connectivity index (χ4n) is 3.81. The van der Waals surface area contributed by atoms with Gasteiger partial charge in [0.1, 0.15) is 6.61 Å². The van der Waals surface area contributed by atoms with Crippen molar-refractivity contribution in [3.05, 3.63) is 58.7 Å². The first-order chi connectivity index (χ1) is 13.3. The van der Waals surface area contributed by atoms with Crippen LogP contribution in [0.1, 0.15) is 48.4 Å². The predicted molar refractivity (Wildman–Crippen MR) is 106 cm³/mol. The average molecular weight is 403 g/mol. The number of carbonyl (C=O) groups is 2. The van der Waals surface area contributed by atoms with Crippen LogP contribution in [0.2, 0.25) is 0 Å². The minimum Gasteiger partial charge on any atom is -0.548 e. The van der Waals surface area contributed by atoms with Gasteiger partial charge < -0.3 is 20.0 Å². The molecule has 0 fully saturated rings. The van der Waals surface area contributed by atoms with Crippen LogP contribution in [0.5, 0.6) is 0 Å². The molecule has 3 rings (SSSR count). The smallest absolute Gasteiger partial charge is 0.548 e. The number of carboxylic acids is 1. The maximum Gasteiger partial charge on any atom is 1.00 e. The third kappa shape index (κ3) is 5.41. The van der Waals surface area contributed by atoms with Gasteiger partial charge in [0.15, 0.2) is 0 Å². The van der Waals surface area contributed by atoms with Crippen LogP contribution in [0.15, 0.2) is 36.4 Å². The largest absolute Gasteiger partial charge is 1.00 e. The molecule has 2 aromatic rings. The van der Waals surface area contributed by atoms with Crippen molar-refractivity contribution < 1.29 is 49.0 Å². The van der Waals surface area contributed by atoms with E-state index >= 15 is 0 Å². The second-order valence-electron chi connectivity index (χ2n) is 7.98. The van der Waals surface area contributed by atoms with Gasteiger partial charge in [-0.15, -0.1) is 0 Å². The molecule has 2 aromatic carbocycles. The summed E-state index contributed by atoms with van der Waals surface area (Å²) in [5, 5.41) is 13.7. The Kier molecular flexibility index (Phi) is 7.92. The summed E-state index contributed by atoms with van der Waals surface area (Å²) in [6.07, 6.45) is -0.435. The van der Waals surface area contributed by atoms with E-state index in [1.54, 1.807) is 0 Å². The van der Waals surface area contributed by atoms with Gasteiger partial charge in [0, 0.05) is 5.92 Å². The van der Waals surface area contributed by atoms with Crippen LogP contribution in [0.4, 0.5) is 4.79 Å². The van der Waals surface area contributed by atoms with E-state index in [9.17, 15) is 14.7 Å². The first-order valence-electron chi connectivity index (χ1n) is 9.62. The first-order valence-corrected chi connectivity index (χ1v) is 9.62. The molecular weight excluding hydrogens is 377 g/mol. The maximum absolute atomic E-state index is 12.2. The average Bonchev–Trinajstić information content (AvgIpc) is 2.90. The van der Waals surface area contributed by atoms with Crippen molar-refractivity contribution in [1.29, 1.82) is 0 Å². The standard InChI is InChI=1S/C23H27NO4.Na/c1-13(2)9-21(22(25)26)24-23(27)28-12-20-18-10-14(3)5-7-16(18)17-8-6-15(4)11-19(17)20;/h5-8,10-11,13,20-21H,9,12H2,1-4H3,(H,24,27)(H,25,26);/q;+1/p-1/t21-;/m0./s1. The van der Waals surface area contributed by atoms with Crippen LogP contribution in [0.3, 0.4) is 0 Å². The molecular formula is C23H26NNaO4. The number of rotatable bonds is 6. The third-order valence-electron chi connectivity index (χ3n) is 5.12. The second-order valence-corrected chi connectivity index (χ2v) is 7.98. The molecule has 29 heavy (non-hydrogen) atoms. The molecule has 148 valence electrons. The summed E-state index contributed by atoms with van der Waals surface area (Å²) in [7, 11) is 0. The van der Waals surface area contributed by atoms with Crippen molar-refractivity contribution >= 4 is 12.1 Å². The number of carbonyl (C=O) groups excluding carboxylic acids is 2. The second kappa shape index (κ2) is 9.79. The molecule has 1 amide bonds. The van der Waals surface area contributed by atoms with Gasteiger partial charge in [0.05, 0.1) is 12.0 Å². The van der Waals surface area contributed by atoms with Crippen LogP contribution < -0.4 is 40.0 Å². The molecule has 1 aliphatic rings. The van der Waals surface area contributed by atoms with E-state index in [1.807, 2.05) is 27.7 Å². The van der Waals surface area contributed by atoms with Crippen molar-refractivity contribution in [3.63, 3.8) is 0 Å². The Morgan fingerprint density at radius 2 is 1.55 bits per heavy atom. The Morgan fingerprint density at radius 3 is 2.00 bits per heavy atom. The number of benzene rings is 2. The van der Waals surface area contributed by atoms with E-state index in [0.29, 0.717) is 6.42 Å². The fraction of sp³-hybridized carbons (Fsp3) is 0.391. The monoisotopic (exact) mass is 403 g/mol. The number of hydrogen-bond donors (Lipinski definition) is 1. The van der Waals surface area contributed by atoms with Crippen LogP contribution >= 0.6 is 0 Å². The minimum atomic E-state index is -1.30. The summed E-state index contributed by atoms with van der Waals surface area (Å²) in [6.45, 7) is 8.01. The Morgan fingerprint density at radius 1 is 1.03 bits per heavy atom.